The van der Waals surface area contributed by atoms with Crippen molar-refractivity contribution in [2.24, 2.45) is 0 Å². The van der Waals surface area contributed by atoms with Crippen molar-refractivity contribution in [3.63, 3.8) is 0 Å². The van der Waals surface area contributed by atoms with Gasteiger partial charge < -0.3 is 15.0 Å². The maximum absolute atomic E-state index is 13.2. The van der Waals surface area contributed by atoms with Crippen LogP contribution in [0.5, 0.6) is 5.75 Å². The molecule has 0 radical (unpaired) electrons. The Bertz CT molecular complexity index is 479. The van der Waals surface area contributed by atoms with E-state index < -0.39 is 0 Å². The molecule has 0 aromatic heterocycles. The lowest BCUT2D eigenvalue weighted by atomic mass is 10.0. The predicted octanol–water partition coefficient (Wildman–Crippen LogP) is 6.71. The average molecular weight is 364 g/mol. The summed E-state index contributed by atoms with van der Waals surface area (Å²) in [4.78, 5) is 0. The van der Waals surface area contributed by atoms with Crippen LogP contribution in [-0.4, -0.2) is 22.8 Å². The minimum atomic E-state index is -0.199. The van der Waals surface area contributed by atoms with Crippen LogP contribution in [0.1, 0.15) is 96.1 Å². The van der Waals surface area contributed by atoms with Crippen LogP contribution in [0, 0.1) is 5.21 Å². The molecule has 0 heterocycles. The Balaban J connectivity index is 2.65. The molecule has 3 heteroatoms. The highest BCUT2D eigenvalue weighted by molar-refractivity contribution is 5.35. The van der Waals surface area contributed by atoms with Gasteiger partial charge in [0, 0.05) is 5.56 Å². The standard InChI is InChI=1S/C23H41NO2/c1-4-7-10-11-12-13-14-21-15-16-23(25)22(19-21)20-24(26,17-8-5-2)18-9-6-3/h15-16,19,25H,4-14,17-18,20H2,1-3H3. The van der Waals surface area contributed by atoms with Crippen LogP contribution in [0.4, 0.5) is 0 Å². The largest absolute Gasteiger partial charge is 0.633 e. The molecular formula is C23H41NO2. The highest BCUT2D eigenvalue weighted by atomic mass is 16.5. The predicted molar refractivity (Wildman–Crippen MR) is 112 cm³/mol. The highest BCUT2D eigenvalue weighted by Gasteiger charge is 2.19. The Hall–Kier alpha value is -1.06. The van der Waals surface area contributed by atoms with Crippen LogP contribution < -0.4 is 0 Å². The lowest BCUT2D eigenvalue weighted by Gasteiger charge is -2.43. The number of hydrogen-bond donors (Lipinski definition) is 1. The van der Waals surface area contributed by atoms with Gasteiger partial charge >= 0.3 is 0 Å². The lowest BCUT2D eigenvalue weighted by molar-refractivity contribution is -0.894. The molecular weight excluding hydrogens is 322 g/mol. The monoisotopic (exact) mass is 363 g/mol. The van der Waals surface area contributed by atoms with Gasteiger partial charge in [0.05, 0.1) is 13.1 Å². The van der Waals surface area contributed by atoms with E-state index in [1.807, 2.05) is 6.07 Å². The van der Waals surface area contributed by atoms with Crippen molar-refractivity contribution in [1.82, 2.24) is 0 Å². The molecule has 0 unspecified atom stereocenters. The van der Waals surface area contributed by atoms with Crippen LogP contribution in [0.25, 0.3) is 0 Å². The first-order valence-corrected chi connectivity index (χ1v) is 10.9. The van der Waals surface area contributed by atoms with Crippen LogP contribution in [0.3, 0.4) is 0 Å². The maximum atomic E-state index is 13.2. The zero-order chi connectivity index (χ0) is 19.3. The average Bonchev–Trinajstić information content (AvgIpc) is 2.64. The van der Waals surface area contributed by atoms with E-state index in [9.17, 15) is 10.3 Å². The molecule has 0 aliphatic heterocycles. The molecule has 0 aliphatic carbocycles. The number of quaternary nitrogens is 1. The van der Waals surface area contributed by atoms with Crippen LogP contribution in [0.2, 0.25) is 0 Å². The summed E-state index contributed by atoms with van der Waals surface area (Å²) in [6, 6.07) is 5.87. The van der Waals surface area contributed by atoms with Crippen molar-refractivity contribution in [3.05, 3.63) is 34.5 Å². The quantitative estimate of drug-likeness (QED) is 0.214. The Morgan fingerprint density at radius 1 is 0.808 bits per heavy atom. The summed E-state index contributed by atoms with van der Waals surface area (Å²) >= 11 is 0. The fourth-order valence-electron chi connectivity index (χ4n) is 3.50. The van der Waals surface area contributed by atoms with Crippen LogP contribution in [0.15, 0.2) is 18.2 Å². The fraction of sp³-hybridized carbons (Fsp3) is 0.739. The number of nitrogens with zero attached hydrogens (tertiary/aromatic N) is 1. The molecule has 26 heavy (non-hydrogen) atoms. The van der Waals surface area contributed by atoms with E-state index in [0.717, 1.165) is 37.7 Å². The molecule has 0 aliphatic rings. The van der Waals surface area contributed by atoms with E-state index in [2.05, 4.69) is 26.8 Å². The van der Waals surface area contributed by atoms with Crippen molar-refractivity contribution < 1.29 is 9.75 Å². The second-order valence-electron chi connectivity index (χ2n) is 7.85. The Morgan fingerprint density at radius 3 is 2.00 bits per heavy atom. The van der Waals surface area contributed by atoms with Gasteiger partial charge in [0.25, 0.3) is 0 Å². The van der Waals surface area contributed by atoms with Gasteiger partial charge in [-0.05, 0) is 43.4 Å². The van der Waals surface area contributed by atoms with Crippen LogP contribution >= 0.6 is 0 Å². The number of aryl methyl sites for hydroxylation is 1. The zero-order valence-corrected chi connectivity index (χ0v) is 17.4. The molecule has 1 aromatic carbocycles. The number of phenols is 1. The smallest absolute Gasteiger partial charge is 0.124 e. The first-order chi connectivity index (χ1) is 12.5. The van der Waals surface area contributed by atoms with Crippen LogP contribution in [-0.2, 0) is 13.0 Å². The summed E-state index contributed by atoms with van der Waals surface area (Å²) in [5, 5.41) is 23.5. The summed E-state index contributed by atoms with van der Waals surface area (Å²) in [6.07, 6.45) is 12.8. The number of unbranched alkanes of at least 4 members (excludes halogenated alkanes) is 7. The Morgan fingerprint density at radius 2 is 1.38 bits per heavy atom. The topological polar surface area (TPSA) is 43.3 Å². The molecule has 0 saturated heterocycles. The lowest BCUT2D eigenvalue weighted by Crippen LogP contribution is -2.43. The zero-order valence-electron chi connectivity index (χ0n) is 17.4. The fourth-order valence-corrected chi connectivity index (χ4v) is 3.50. The number of hydrogen-bond acceptors (Lipinski definition) is 2. The molecule has 3 nitrogen and oxygen atoms in total. The molecule has 1 rings (SSSR count). The normalized spacial score (nSPS) is 11.8. The second kappa shape index (κ2) is 13.2. The van der Waals surface area contributed by atoms with E-state index >= 15 is 0 Å². The van der Waals surface area contributed by atoms with Crippen molar-refractivity contribution in [2.45, 2.75) is 97.9 Å². The third kappa shape index (κ3) is 9.05. The highest BCUT2D eigenvalue weighted by Crippen LogP contribution is 2.25. The molecule has 0 fully saturated rings. The number of phenolic OH excluding ortho intramolecular Hbond substituents is 1. The first-order valence-electron chi connectivity index (χ1n) is 10.9. The number of hydroxylamine groups is 3. The van der Waals surface area contributed by atoms with Gasteiger partial charge in [-0.25, -0.2) is 0 Å². The molecule has 150 valence electrons. The van der Waals surface area contributed by atoms with Gasteiger partial charge in [-0.1, -0.05) is 71.8 Å². The Labute approximate surface area is 161 Å². The Kier molecular flexibility index (Phi) is 11.6. The third-order valence-corrected chi connectivity index (χ3v) is 5.26. The molecule has 0 atom stereocenters. The molecule has 0 saturated carbocycles. The van der Waals surface area contributed by atoms with E-state index in [4.69, 9.17) is 0 Å². The summed E-state index contributed by atoms with van der Waals surface area (Å²) < 4.78 is -0.199. The number of aromatic hydroxyl groups is 1. The third-order valence-electron chi connectivity index (χ3n) is 5.26. The SMILES string of the molecule is CCCCCCCCc1ccc(O)c(C[N+]([O-])(CCCC)CCCC)c1. The van der Waals surface area contributed by atoms with Crippen molar-refractivity contribution >= 4 is 0 Å². The van der Waals surface area contributed by atoms with Gasteiger partial charge in [0.2, 0.25) is 0 Å². The molecule has 0 amide bonds. The number of benzene rings is 1. The summed E-state index contributed by atoms with van der Waals surface area (Å²) in [7, 11) is 0. The van der Waals surface area contributed by atoms with Gasteiger partial charge in [-0.2, -0.15) is 0 Å². The van der Waals surface area contributed by atoms with E-state index in [1.54, 1.807) is 6.07 Å². The second-order valence-corrected chi connectivity index (χ2v) is 7.85. The van der Waals surface area contributed by atoms with Crippen molar-refractivity contribution in [1.29, 1.82) is 0 Å². The minimum Gasteiger partial charge on any atom is -0.633 e. The van der Waals surface area contributed by atoms with Gasteiger partial charge in [0.1, 0.15) is 12.3 Å². The molecule has 1 N–H and O–H groups in total. The molecule has 0 spiro atoms. The van der Waals surface area contributed by atoms with Gasteiger partial charge in [-0.15, -0.1) is 0 Å². The minimum absolute atomic E-state index is 0.199. The summed E-state index contributed by atoms with van der Waals surface area (Å²) in [6.45, 7) is 8.20. The van der Waals surface area contributed by atoms with E-state index in [1.165, 1.54) is 44.1 Å². The summed E-state index contributed by atoms with van der Waals surface area (Å²) in [5.41, 5.74) is 2.08. The molecule has 1 aromatic rings. The van der Waals surface area contributed by atoms with Gasteiger partial charge in [0.15, 0.2) is 0 Å². The number of rotatable bonds is 15. The maximum Gasteiger partial charge on any atom is 0.124 e. The van der Waals surface area contributed by atoms with E-state index in [0.29, 0.717) is 19.6 Å². The van der Waals surface area contributed by atoms with E-state index in [-0.39, 0.29) is 10.4 Å². The van der Waals surface area contributed by atoms with Gasteiger partial charge in [-0.3, -0.25) is 0 Å². The van der Waals surface area contributed by atoms with Crippen molar-refractivity contribution in [2.75, 3.05) is 13.1 Å². The molecule has 0 bridgehead atoms. The summed E-state index contributed by atoms with van der Waals surface area (Å²) in [5.74, 6) is 0.281. The van der Waals surface area contributed by atoms with Crippen molar-refractivity contribution in [3.8, 4) is 5.75 Å². The first kappa shape index (κ1) is 23.0.